The van der Waals surface area contributed by atoms with Gasteiger partial charge < -0.3 is 4.74 Å². The van der Waals surface area contributed by atoms with Crippen molar-refractivity contribution in [1.82, 2.24) is 0 Å². The Bertz CT molecular complexity index is 676. The zero-order valence-electron chi connectivity index (χ0n) is 11.7. The minimum absolute atomic E-state index is 0.270. The fourth-order valence-corrected chi connectivity index (χ4v) is 2.48. The standard InChI is InChI=1S/C19H15FO/c1-21-19-17(14-8-4-2-5-9-14)12-16(20)13-18(19)15-10-6-3-7-11-15/h2-13H,1H3. The van der Waals surface area contributed by atoms with E-state index < -0.39 is 0 Å². The molecule has 0 saturated carbocycles. The summed E-state index contributed by atoms with van der Waals surface area (Å²) in [7, 11) is 1.62. The van der Waals surface area contributed by atoms with Gasteiger partial charge in [-0.25, -0.2) is 4.39 Å². The lowest BCUT2D eigenvalue weighted by atomic mass is 9.97. The van der Waals surface area contributed by atoms with Crippen LogP contribution in [0.1, 0.15) is 0 Å². The first-order chi connectivity index (χ1) is 10.3. The van der Waals surface area contributed by atoms with Gasteiger partial charge >= 0.3 is 0 Å². The van der Waals surface area contributed by atoms with Gasteiger partial charge in [0.1, 0.15) is 11.6 Å². The summed E-state index contributed by atoms with van der Waals surface area (Å²) in [5.74, 6) is 0.419. The van der Waals surface area contributed by atoms with Crippen molar-refractivity contribution in [1.29, 1.82) is 0 Å². The van der Waals surface area contributed by atoms with Gasteiger partial charge in [-0.1, -0.05) is 60.7 Å². The minimum atomic E-state index is -0.270. The molecule has 0 saturated heterocycles. The van der Waals surface area contributed by atoms with Crippen molar-refractivity contribution in [2.75, 3.05) is 7.11 Å². The van der Waals surface area contributed by atoms with E-state index in [1.165, 1.54) is 12.1 Å². The first-order valence-electron chi connectivity index (χ1n) is 6.78. The van der Waals surface area contributed by atoms with Crippen molar-refractivity contribution >= 4 is 0 Å². The Balaban J connectivity index is 2.25. The Morgan fingerprint density at radius 1 is 0.714 bits per heavy atom. The van der Waals surface area contributed by atoms with Gasteiger partial charge in [0.2, 0.25) is 0 Å². The Morgan fingerprint density at radius 2 is 1.14 bits per heavy atom. The lowest BCUT2D eigenvalue weighted by Crippen LogP contribution is -1.94. The minimum Gasteiger partial charge on any atom is -0.495 e. The normalized spacial score (nSPS) is 10.4. The van der Waals surface area contributed by atoms with Gasteiger partial charge in [-0.05, 0) is 23.3 Å². The van der Waals surface area contributed by atoms with E-state index in [1.54, 1.807) is 7.11 Å². The maximum atomic E-state index is 14.1. The predicted molar refractivity (Wildman–Crippen MR) is 83.8 cm³/mol. The summed E-state index contributed by atoms with van der Waals surface area (Å²) in [6, 6.07) is 22.4. The molecule has 21 heavy (non-hydrogen) atoms. The highest BCUT2D eigenvalue weighted by Gasteiger charge is 2.14. The van der Waals surface area contributed by atoms with Gasteiger partial charge in [0.05, 0.1) is 7.11 Å². The summed E-state index contributed by atoms with van der Waals surface area (Å²) in [4.78, 5) is 0. The van der Waals surface area contributed by atoms with Crippen LogP contribution in [-0.2, 0) is 0 Å². The van der Waals surface area contributed by atoms with Gasteiger partial charge in [0, 0.05) is 11.1 Å². The van der Waals surface area contributed by atoms with Crippen LogP contribution >= 0.6 is 0 Å². The molecule has 0 bridgehead atoms. The van der Waals surface area contributed by atoms with Crippen molar-refractivity contribution < 1.29 is 9.13 Å². The van der Waals surface area contributed by atoms with E-state index in [9.17, 15) is 4.39 Å². The molecule has 0 N–H and O–H groups in total. The molecule has 3 rings (SSSR count). The largest absolute Gasteiger partial charge is 0.495 e. The topological polar surface area (TPSA) is 9.23 Å². The molecule has 104 valence electrons. The average molecular weight is 278 g/mol. The highest BCUT2D eigenvalue weighted by atomic mass is 19.1. The van der Waals surface area contributed by atoms with Crippen molar-refractivity contribution in [2.45, 2.75) is 0 Å². The number of halogens is 1. The van der Waals surface area contributed by atoms with Crippen LogP contribution in [0.5, 0.6) is 5.75 Å². The van der Waals surface area contributed by atoms with Crippen LogP contribution in [0.25, 0.3) is 22.3 Å². The second-order valence-electron chi connectivity index (χ2n) is 4.77. The van der Waals surface area contributed by atoms with E-state index in [2.05, 4.69) is 0 Å². The van der Waals surface area contributed by atoms with Gasteiger partial charge in [0.15, 0.2) is 0 Å². The summed E-state index contributed by atoms with van der Waals surface area (Å²) < 4.78 is 19.6. The van der Waals surface area contributed by atoms with Crippen LogP contribution in [0.2, 0.25) is 0 Å². The van der Waals surface area contributed by atoms with Gasteiger partial charge in [0.25, 0.3) is 0 Å². The van der Waals surface area contributed by atoms with E-state index in [-0.39, 0.29) is 5.82 Å². The summed E-state index contributed by atoms with van der Waals surface area (Å²) >= 11 is 0. The molecule has 0 radical (unpaired) electrons. The molecule has 0 amide bonds. The maximum Gasteiger partial charge on any atom is 0.134 e. The van der Waals surface area contributed by atoms with Crippen LogP contribution < -0.4 is 4.74 Å². The van der Waals surface area contributed by atoms with Crippen LogP contribution in [0.3, 0.4) is 0 Å². The molecular formula is C19H15FO. The molecule has 0 fully saturated rings. The number of methoxy groups -OCH3 is 1. The Kier molecular flexibility index (Phi) is 3.69. The number of rotatable bonds is 3. The Morgan fingerprint density at radius 3 is 1.52 bits per heavy atom. The molecule has 2 heteroatoms. The van der Waals surface area contributed by atoms with E-state index >= 15 is 0 Å². The van der Waals surface area contributed by atoms with Crippen molar-refractivity contribution in [3.63, 3.8) is 0 Å². The fraction of sp³-hybridized carbons (Fsp3) is 0.0526. The van der Waals surface area contributed by atoms with E-state index in [0.717, 1.165) is 22.3 Å². The molecule has 0 aromatic heterocycles. The molecule has 0 unspecified atom stereocenters. The second-order valence-corrected chi connectivity index (χ2v) is 4.77. The molecule has 1 nitrogen and oxygen atoms in total. The van der Waals surface area contributed by atoms with Crippen molar-refractivity contribution in [2.24, 2.45) is 0 Å². The lowest BCUT2D eigenvalue weighted by Gasteiger charge is -2.14. The SMILES string of the molecule is COc1c(-c2ccccc2)cc(F)cc1-c1ccccc1. The van der Waals surface area contributed by atoms with Gasteiger partial charge in [-0.3, -0.25) is 0 Å². The van der Waals surface area contributed by atoms with Gasteiger partial charge in [-0.15, -0.1) is 0 Å². The number of hydrogen-bond acceptors (Lipinski definition) is 1. The van der Waals surface area contributed by atoms with Crippen LogP contribution in [0, 0.1) is 5.82 Å². The second kappa shape index (κ2) is 5.80. The molecule has 0 aliphatic carbocycles. The van der Waals surface area contributed by atoms with E-state index in [0.29, 0.717) is 5.75 Å². The van der Waals surface area contributed by atoms with E-state index in [1.807, 2.05) is 60.7 Å². The molecule has 0 aliphatic heterocycles. The predicted octanol–water partition coefficient (Wildman–Crippen LogP) is 5.17. The molecule has 0 spiro atoms. The third kappa shape index (κ3) is 2.65. The molecule has 3 aromatic carbocycles. The molecule has 3 aromatic rings. The summed E-state index contributed by atoms with van der Waals surface area (Å²) in [6.07, 6.45) is 0. The zero-order valence-corrected chi connectivity index (χ0v) is 11.7. The number of ether oxygens (including phenoxy) is 1. The molecular weight excluding hydrogens is 263 g/mol. The zero-order chi connectivity index (χ0) is 14.7. The van der Waals surface area contributed by atoms with Crippen LogP contribution in [-0.4, -0.2) is 7.11 Å². The van der Waals surface area contributed by atoms with Crippen LogP contribution in [0.15, 0.2) is 72.8 Å². The lowest BCUT2D eigenvalue weighted by molar-refractivity contribution is 0.417. The fourth-order valence-electron chi connectivity index (χ4n) is 2.48. The number of benzene rings is 3. The molecule has 0 aliphatic rings. The van der Waals surface area contributed by atoms with E-state index in [4.69, 9.17) is 4.74 Å². The Hall–Kier alpha value is -2.61. The van der Waals surface area contributed by atoms with Crippen LogP contribution in [0.4, 0.5) is 4.39 Å². The third-order valence-electron chi connectivity index (χ3n) is 3.43. The average Bonchev–Trinajstić information content (AvgIpc) is 2.55. The summed E-state index contributed by atoms with van der Waals surface area (Å²) in [6.45, 7) is 0. The Labute approximate surface area is 123 Å². The number of hydrogen-bond donors (Lipinski definition) is 0. The smallest absolute Gasteiger partial charge is 0.134 e. The molecule has 0 atom stereocenters. The highest BCUT2D eigenvalue weighted by Crippen LogP contribution is 2.39. The monoisotopic (exact) mass is 278 g/mol. The summed E-state index contributed by atoms with van der Waals surface area (Å²) in [5.41, 5.74) is 3.39. The maximum absolute atomic E-state index is 14.1. The highest BCUT2D eigenvalue weighted by molar-refractivity contribution is 5.82. The summed E-state index contributed by atoms with van der Waals surface area (Å²) in [5, 5.41) is 0. The molecule has 0 heterocycles. The van der Waals surface area contributed by atoms with Gasteiger partial charge in [-0.2, -0.15) is 0 Å². The van der Waals surface area contributed by atoms with Crippen molar-refractivity contribution in [3.8, 4) is 28.0 Å². The third-order valence-corrected chi connectivity index (χ3v) is 3.43. The quantitative estimate of drug-likeness (QED) is 0.642. The first kappa shape index (κ1) is 13.4. The van der Waals surface area contributed by atoms with Crippen molar-refractivity contribution in [3.05, 3.63) is 78.6 Å². The first-order valence-corrected chi connectivity index (χ1v) is 6.78.